The van der Waals surface area contributed by atoms with Gasteiger partial charge in [0.15, 0.2) is 11.7 Å². The van der Waals surface area contributed by atoms with Gasteiger partial charge in [-0.2, -0.15) is 0 Å². The van der Waals surface area contributed by atoms with Crippen LogP contribution >= 0.6 is 23.1 Å². The van der Waals surface area contributed by atoms with Crippen molar-refractivity contribution in [2.75, 3.05) is 31.3 Å². The van der Waals surface area contributed by atoms with Crippen molar-refractivity contribution in [2.24, 2.45) is 0 Å². The molecule has 0 unspecified atom stereocenters. The van der Waals surface area contributed by atoms with E-state index in [-0.39, 0.29) is 12.5 Å². The van der Waals surface area contributed by atoms with Crippen molar-refractivity contribution in [2.45, 2.75) is 0 Å². The number of carbonyl (C=O) groups excluding carboxylic acids is 1. The number of nitrogens with zero attached hydrogens (tertiary/aromatic N) is 2. The van der Waals surface area contributed by atoms with Gasteiger partial charge in [-0.15, -0.1) is 23.1 Å². The number of aromatic nitrogens is 1. The van der Waals surface area contributed by atoms with Gasteiger partial charge in [-0.05, 0) is 42.5 Å². The van der Waals surface area contributed by atoms with Crippen LogP contribution < -0.4 is 14.8 Å². The fraction of sp³-hybridized carbons (Fsp3) is 0.182. The molecule has 6 nitrogen and oxygen atoms in total. The van der Waals surface area contributed by atoms with E-state index in [1.165, 1.54) is 11.3 Å². The van der Waals surface area contributed by atoms with E-state index in [4.69, 9.17) is 9.47 Å². The summed E-state index contributed by atoms with van der Waals surface area (Å²) in [6, 6.07) is 17.1. The van der Waals surface area contributed by atoms with E-state index in [9.17, 15) is 4.79 Å². The third-order valence-electron chi connectivity index (χ3n) is 4.37. The minimum atomic E-state index is -0.0538. The van der Waals surface area contributed by atoms with E-state index in [2.05, 4.69) is 10.3 Å². The Bertz CT molecular complexity index is 1020. The Kier molecular flexibility index (Phi) is 6.56. The zero-order valence-corrected chi connectivity index (χ0v) is 18.0. The molecular formula is C22H21N3O3S2. The lowest BCUT2D eigenvalue weighted by Gasteiger charge is -2.17. The van der Waals surface area contributed by atoms with Crippen molar-refractivity contribution < 1.29 is 14.3 Å². The Morgan fingerprint density at radius 3 is 2.73 bits per heavy atom. The Labute approximate surface area is 183 Å². The topological polar surface area (TPSA) is 63.7 Å². The number of nitrogens with one attached hydrogen (secondary N) is 1. The molecule has 0 bridgehead atoms. The lowest BCUT2D eigenvalue weighted by atomic mass is 10.3. The average molecular weight is 440 g/mol. The van der Waals surface area contributed by atoms with E-state index in [0.29, 0.717) is 12.3 Å². The molecule has 8 heteroatoms. The molecule has 2 aromatic carbocycles. The van der Waals surface area contributed by atoms with Crippen molar-refractivity contribution in [1.29, 1.82) is 0 Å². The lowest BCUT2D eigenvalue weighted by molar-refractivity contribution is -0.130. The largest absolute Gasteiger partial charge is 0.497 e. The highest BCUT2D eigenvalue weighted by atomic mass is 32.2. The molecule has 30 heavy (non-hydrogen) atoms. The number of amides is 1. The first kappa shape index (κ1) is 20.3. The van der Waals surface area contributed by atoms with Crippen molar-refractivity contribution in [3.05, 3.63) is 70.7 Å². The van der Waals surface area contributed by atoms with Gasteiger partial charge in [0.2, 0.25) is 0 Å². The van der Waals surface area contributed by atoms with E-state index in [1.54, 1.807) is 23.8 Å². The van der Waals surface area contributed by atoms with Crippen LogP contribution in [-0.4, -0.2) is 41.8 Å². The summed E-state index contributed by atoms with van der Waals surface area (Å²) in [6.07, 6.45) is 1.95. The number of rotatable bonds is 7. The number of benzene rings is 2. The zero-order chi connectivity index (χ0) is 20.8. The summed E-state index contributed by atoms with van der Waals surface area (Å²) in [4.78, 5) is 19.0. The highest BCUT2D eigenvalue weighted by Crippen LogP contribution is 2.31. The number of hydrogen-bond acceptors (Lipinski definition) is 7. The second-order valence-electron chi connectivity index (χ2n) is 6.41. The third-order valence-corrected chi connectivity index (χ3v) is 6.17. The first-order valence-corrected chi connectivity index (χ1v) is 11.3. The number of para-hydroxylation sites is 1. The third kappa shape index (κ3) is 5.14. The van der Waals surface area contributed by atoms with Crippen LogP contribution in [0.25, 0.3) is 6.08 Å². The molecule has 154 valence electrons. The number of thioether (sulfide) groups is 1. The first-order chi connectivity index (χ1) is 14.7. The van der Waals surface area contributed by atoms with Crippen molar-refractivity contribution >= 4 is 45.9 Å². The molecule has 1 fully saturated rings. The van der Waals surface area contributed by atoms with Gasteiger partial charge in [0.1, 0.15) is 11.5 Å². The lowest BCUT2D eigenvalue weighted by Crippen LogP contribution is -2.31. The molecule has 0 atom stereocenters. The van der Waals surface area contributed by atoms with Crippen LogP contribution in [0.15, 0.2) is 65.0 Å². The summed E-state index contributed by atoms with van der Waals surface area (Å²) in [5, 5.41) is 6.95. The van der Waals surface area contributed by atoms with Crippen molar-refractivity contribution in [3.8, 4) is 11.5 Å². The number of ether oxygens (including phenoxy) is 2. The maximum atomic E-state index is 12.6. The quantitative estimate of drug-likeness (QED) is 0.568. The molecule has 1 N–H and O–H groups in total. The number of hydrogen-bond donors (Lipinski definition) is 1. The molecule has 1 aliphatic rings. The molecule has 1 aliphatic heterocycles. The molecular weight excluding hydrogens is 418 g/mol. The van der Waals surface area contributed by atoms with Crippen LogP contribution in [0, 0.1) is 0 Å². The van der Waals surface area contributed by atoms with E-state index in [1.807, 2.05) is 66.1 Å². The minimum Gasteiger partial charge on any atom is -0.497 e. The molecule has 0 saturated carbocycles. The number of thiazole rings is 1. The van der Waals surface area contributed by atoms with Crippen LogP contribution in [0.5, 0.6) is 11.5 Å². The molecule has 4 rings (SSSR count). The molecule has 0 radical (unpaired) electrons. The average Bonchev–Trinajstić information content (AvgIpc) is 3.43. The summed E-state index contributed by atoms with van der Waals surface area (Å²) in [6.45, 7) is 0.692. The number of anilines is 2. The standard InChI is InChI=1S/C22H21N3O3S2/c1-27-18-9-7-16(8-10-18)23-22-24-17(15-30-22)13-21-25(11-12-29-21)20(26)14-28-19-5-3-2-4-6-19/h2-10,13,15H,11-12,14H2,1H3,(H,23,24)/b21-13+. The summed E-state index contributed by atoms with van der Waals surface area (Å²) < 4.78 is 10.8. The highest BCUT2D eigenvalue weighted by molar-refractivity contribution is 8.03. The van der Waals surface area contributed by atoms with Crippen LogP contribution in [0.3, 0.4) is 0 Å². The monoisotopic (exact) mass is 439 g/mol. The van der Waals surface area contributed by atoms with Gasteiger partial charge in [-0.25, -0.2) is 4.98 Å². The fourth-order valence-corrected chi connectivity index (χ4v) is 4.59. The van der Waals surface area contributed by atoms with Crippen molar-refractivity contribution in [1.82, 2.24) is 9.88 Å². The molecule has 1 amide bonds. The van der Waals surface area contributed by atoms with Crippen LogP contribution in [0.1, 0.15) is 5.69 Å². The van der Waals surface area contributed by atoms with E-state index < -0.39 is 0 Å². The minimum absolute atomic E-state index is 0.0171. The van der Waals surface area contributed by atoms with Gasteiger partial charge in [-0.1, -0.05) is 18.2 Å². The number of carbonyl (C=O) groups is 1. The van der Waals surface area contributed by atoms with Gasteiger partial charge in [0.25, 0.3) is 5.91 Å². The van der Waals surface area contributed by atoms with Gasteiger partial charge >= 0.3 is 0 Å². The zero-order valence-electron chi connectivity index (χ0n) is 16.4. The van der Waals surface area contributed by atoms with Crippen LogP contribution in [-0.2, 0) is 4.79 Å². The molecule has 0 aliphatic carbocycles. The Morgan fingerprint density at radius 2 is 1.97 bits per heavy atom. The van der Waals surface area contributed by atoms with E-state index in [0.717, 1.165) is 33.0 Å². The predicted molar refractivity (Wildman–Crippen MR) is 122 cm³/mol. The van der Waals surface area contributed by atoms with E-state index >= 15 is 0 Å². The molecule has 1 saturated heterocycles. The maximum Gasteiger partial charge on any atom is 0.265 e. The summed E-state index contributed by atoms with van der Waals surface area (Å²) in [5.74, 6) is 2.31. The normalized spacial score (nSPS) is 14.7. The van der Waals surface area contributed by atoms with Gasteiger partial charge in [0, 0.05) is 23.4 Å². The number of methoxy groups -OCH3 is 1. The Hall–Kier alpha value is -2.97. The molecule has 3 aromatic rings. The van der Waals surface area contributed by atoms with Crippen molar-refractivity contribution in [3.63, 3.8) is 0 Å². The van der Waals surface area contributed by atoms with Gasteiger partial charge < -0.3 is 19.7 Å². The summed E-state index contributed by atoms with van der Waals surface area (Å²) in [7, 11) is 1.64. The Morgan fingerprint density at radius 1 is 1.17 bits per heavy atom. The SMILES string of the molecule is COc1ccc(Nc2nc(/C=C3/SCCN3C(=O)COc3ccccc3)cs2)cc1. The highest BCUT2D eigenvalue weighted by Gasteiger charge is 2.24. The summed E-state index contributed by atoms with van der Waals surface area (Å²) >= 11 is 3.17. The second kappa shape index (κ2) is 9.69. The molecule has 1 aromatic heterocycles. The smallest absolute Gasteiger partial charge is 0.265 e. The molecule has 0 spiro atoms. The van der Waals surface area contributed by atoms with Crippen LogP contribution in [0.2, 0.25) is 0 Å². The second-order valence-corrected chi connectivity index (χ2v) is 8.38. The summed E-state index contributed by atoms with van der Waals surface area (Å²) in [5.41, 5.74) is 1.76. The fourth-order valence-electron chi connectivity index (χ4n) is 2.87. The van der Waals surface area contributed by atoms with Crippen LogP contribution in [0.4, 0.5) is 10.8 Å². The molecule has 2 heterocycles. The Balaban J connectivity index is 1.38. The van der Waals surface area contributed by atoms with Gasteiger partial charge in [-0.3, -0.25) is 4.79 Å². The maximum absolute atomic E-state index is 12.6. The van der Waals surface area contributed by atoms with Gasteiger partial charge in [0.05, 0.1) is 17.8 Å². The predicted octanol–water partition coefficient (Wildman–Crippen LogP) is 4.85. The first-order valence-electron chi connectivity index (χ1n) is 9.40.